The van der Waals surface area contributed by atoms with Gasteiger partial charge in [-0.2, -0.15) is 5.10 Å². The number of primary amides is 1. The molecule has 3 aromatic rings. The second-order valence-corrected chi connectivity index (χ2v) is 6.92. The summed E-state index contributed by atoms with van der Waals surface area (Å²) in [5.41, 5.74) is 7.78. The number of hydrogen-bond acceptors (Lipinski definition) is 6. The van der Waals surface area contributed by atoms with Gasteiger partial charge in [0.05, 0.1) is 11.3 Å². The number of esters is 1. The number of aromatic nitrogens is 3. The Bertz CT molecular complexity index is 1080. The molecule has 0 bridgehead atoms. The van der Waals surface area contributed by atoms with Gasteiger partial charge in [-0.25, -0.2) is 14.5 Å². The average molecular weight is 421 g/mol. The topological polar surface area (TPSA) is 120 Å². The van der Waals surface area contributed by atoms with Crippen LogP contribution >= 0.6 is 0 Å². The summed E-state index contributed by atoms with van der Waals surface area (Å²) in [6.45, 7) is 3.40. The van der Waals surface area contributed by atoms with Crippen LogP contribution in [0.15, 0.2) is 54.7 Å². The van der Waals surface area contributed by atoms with Gasteiger partial charge >= 0.3 is 5.97 Å². The zero-order valence-corrected chi connectivity index (χ0v) is 17.3. The highest BCUT2D eigenvalue weighted by Crippen LogP contribution is 2.15. The Morgan fingerprint density at radius 3 is 2.42 bits per heavy atom. The number of carbonyl (C=O) groups excluding carboxylic acids is 3. The van der Waals surface area contributed by atoms with Crippen molar-refractivity contribution >= 4 is 23.5 Å². The second kappa shape index (κ2) is 9.66. The third-order valence-corrected chi connectivity index (χ3v) is 4.49. The van der Waals surface area contributed by atoms with E-state index in [4.69, 9.17) is 10.5 Å². The quantitative estimate of drug-likeness (QED) is 0.555. The van der Waals surface area contributed by atoms with Gasteiger partial charge in [0.1, 0.15) is 0 Å². The van der Waals surface area contributed by atoms with Gasteiger partial charge in [0.25, 0.3) is 5.91 Å². The highest BCUT2D eigenvalue weighted by molar-refractivity contribution is 5.97. The molecule has 1 aromatic carbocycles. The molecule has 9 heteroatoms. The molecule has 0 aliphatic heterocycles. The summed E-state index contributed by atoms with van der Waals surface area (Å²) in [5.74, 6) is -1.10. The minimum absolute atomic E-state index is 0.00766. The predicted octanol–water partition coefficient (Wildman–Crippen LogP) is 1.95. The SMILES string of the molecule is Cc1cc(C)n(-c2ccc(C(=O)OCC(=O)N(CCC(N)=O)c3ccccc3)cn2)n1. The number of nitrogens with two attached hydrogens (primary N) is 1. The Hall–Kier alpha value is -4.01. The summed E-state index contributed by atoms with van der Waals surface area (Å²) in [4.78, 5) is 41.8. The third kappa shape index (κ3) is 5.53. The zero-order chi connectivity index (χ0) is 22.4. The van der Waals surface area contributed by atoms with Crippen molar-refractivity contribution in [2.75, 3.05) is 18.1 Å². The maximum absolute atomic E-state index is 12.6. The van der Waals surface area contributed by atoms with E-state index in [1.807, 2.05) is 26.0 Å². The van der Waals surface area contributed by atoms with Crippen molar-refractivity contribution in [3.63, 3.8) is 0 Å². The number of nitrogens with zero attached hydrogens (tertiary/aromatic N) is 4. The number of anilines is 1. The van der Waals surface area contributed by atoms with Crippen LogP contribution in [0, 0.1) is 13.8 Å². The molecule has 2 amide bonds. The van der Waals surface area contributed by atoms with Crippen molar-refractivity contribution in [2.45, 2.75) is 20.3 Å². The van der Waals surface area contributed by atoms with Crippen LogP contribution in [0.4, 0.5) is 5.69 Å². The van der Waals surface area contributed by atoms with Gasteiger partial charge in [-0.15, -0.1) is 0 Å². The molecular formula is C22H23N5O4. The molecule has 0 saturated heterocycles. The first kappa shape index (κ1) is 21.7. The molecule has 2 aromatic heterocycles. The van der Waals surface area contributed by atoms with E-state index in [1.54, 1.807) is 41.1 Å². The molecule has 2 heterocycles. The van der Waals surface area contributed by atoms with Crippen molar-refractivity contribution in [3.05, 3.63) is 71.7 Å². The van der Waals surface area contributed by atoms with Crippen LogP contribution in [-0.2, 0) is 14.3 Å². The number of aryl methyl sites for hydroxylation is 2. The number of rotatable bonds is 8. The minimum Gasteiger partial charge on any atom is -0.452 e. The number of amides is 2. The fraction of sp³-hybridized carbons (Fsp3) is 0.227. The Kier molecular flexibility index (Phi) is 6.76. The molecule has 9 nitrogen and oxygen atoms in total. The molecule has 0 aliphatic carbocycles. The van der Waals surface area contributed by atoms with Crippen LogP contribution < -0.4 is 10.6 Å². The van der Waals surface area contributed by atoms with Crippen LogP contribution in [0.5, 0.6) is 0 Å². The Morgan fingerprint density at radius 2 is 1.84 bits per heavy atom. The number of hydrogen-bond donors (Lipinski definition) is 1. The molecule has 0 fully saturated rings. The summed E-state index contributed by atoms with van der Waals surface area (Å²) in [7, 11) is 0. The molecule has 0 unspecified atom stereocenters. The molecule has 31 heavy (non-hydrogen) atoms. The summed E-state index contributed by atoms with van der Waals surface area (Å²) in [5, 5.41) is 4.35. The van der Waals surface area contributed by atoms with E-state index in [0.717, 1.165) is 11.4 Å². The molecular weight excluding hydrogens is 398 g/mol. The smallest absolute Gasteiger partial charge is 0.340 e. The number of pyridine rings is 1. The fourth-order valence-corrected chi connectivity index (χ4v) is 3.01. The molecule has 0 spiro atoms. The first-order valence-corrected chi connectivity index (χ1v) is 9.65. The summed E-state index contributed by atoms with van der Waals surface area (Å²) in [6.07, 6.45) is 1.37. The highest BCUT2D eigenvalue weighted by Gasteiger charge is 2.19. The first-order chi connectivity index (χ1) is 14.8. The van der Waals surface area contributed by atoms with Crippen LogP contribution in [0.2, 0.25) is 0 Å². The van der Waals surface area contributed by atoms with Gasteiger partial charge in [0.2, 0.25) is 5.91 Å². The fourth-order valence-electron chi connectivity index (χ4n) is 3.01. The van der Waals surface area contributed by atoms with Gasteiger partial charge in [0.15, 0.2) is 12.4 Å². The number of ether oxygens (including phenoxy) is 1. The largest absolute Gasteiger partial charge is 0.452 e. The third-order valence-electron chi connectivity index (χ3n) is 4.49. The lowest BCUT2D eigenvalue weighted by Gasteiger charge is -2.22. The van der Waals surface area contributed by atoms with E-state index in [9.17, 15) is 14.4 Å². The lowest BCUT2D eigenvalue weighted by atomic mass is 10.2. The van der Waals surface area contributed by atoms with E-state index in [-0.39, 0.29) is 18.5 Å². The standard InChI is InChI=1S/C22H23N5O4/c1-15-12-16(2)27(25-15)20-9-8-17(13-24-20)22(30)31-14-21(29)26(11-10-19(23)28)18-6-4-3-5-7-18/h3-9,12-13H,10-11,14H2,1-2H3,(H2,23,28). The predicted molar refractivity (Wildman–Crippen MR) is 114 cm³/mol. The lowest BCUT2D eigenvalue weighted by Crippen LogP contribution is -2.37. The number of para-hydroxylation sites is 1. The average Bonchev–Trinajstić information content (AvgIpc) is 3.10. The molecule has 0 radical (unpaired) electrons. The Morgan fingerprint density at radius 1 is 1.10 bits per heavy atom. The van der Waals surface area contributed by atoms with Crippen LogP contribution in [0.3, 0.4) is 0 Å². The van der Waals surface area contributed by atoms with E-state index >= 15 is 0 Å². The number of carbonyl (C=O) groups is 3. The monoisotopic (exact) mass is 421 g/mol. The summed E-state index contributed by atoms with van der Waals surface area (Å²) in [6, 6.07) is 13.9. The van der Waals surface area contributed by atoms with Crippen molar-refractivity contribution in [2.24, 2.45) is 5.73 Å². The Labute approximate surface area is 179 Å². The summed E-state index contributed by atoms with van der Waals surface area (Å²) < 4.78 is 6.83. The van der Waals surface area contributed by atoms with Crippen molar-refractivity contribution in [3.8, 4) is 5.82 Å². The van der Waals surface area contributed by atoms with Crippen molar-refractivity contribution < 1.29 is 19.1 Å². The van der Waals surface area contributed by atoms with E-state index in [1.165, 1.54) is 11.1 Å². The number of benzene rings is 1. The molecule has 3 rings (SSSR count). The maximum atomic E-state index is 12.6. The lowest BCUT2D eigenvalue weighted by molar-refractivity contribution is -0.121. The second-order valence-electron chi connectivity index (χ2n) is 6.92. The van der Waals surface area contributed by atoms with Gasteiger partial charge < -0.3 is 15.4 Å². The van der Waals surface area contributed by atoms with Gasteiger partial charge in [0, 0.05) is 30.5 Å². The minimum atomic E-state index is -0.677. The van der Waals surface area contributed by atoms with Crippen molar-refractivity contribution in [1.82, 2.24) is 14.8 Å². The van der Waals surface area contributed by atoms with E-state index in [0.29, 0.717) is 11.5 Å². The van der Waals surface area contributed by atoms with E-state index in [2.05, 4.69) is 10.1 Å². The molecule has 0 aliphatic rings. The first-order valence-electron chi connectivity index (χ1n) is 9.65. The van der Waals surface area contributed by atoms with Crippen LogP contribution in [0.25, 0.3) is 5.82 Å². The highest BCUT2D eigenvalue weighted by atomic mass is 16.5. The molecule has 0 saturated carbocycles. The maximum Gasteiger partial charge on any atom is 0.340 e. The van der Waals surface area contributed by atoms with Crippen molar-refractivity contribution in [1.29, 1.82) is 0 Å². The van der Waals surface area contributed by atoms with E-state index < -0.39 is 24.4 Å². The van der Waals surface area contributed by atoms with Gasteiger partial charge in [-0.3, -0.25) is 9.59 Å². The molecule has 160 valence electrons. The molecule has 0 atom stereocenters. The van der Waals surface area contributed by atoms with Gasteiger partial charge in [-0.1, -0.05) is 18.2 Å². The van der Waals surface area contributed by atoms with Gasteiger partial charge in [-0.05, 0) is 44.2 Å². The molecule has 2 N–H and O–H groups in total. The Balaban J connectivity index is 1.65. The summed E-state index contributed by atoms with van der Waals surface area (Å²) >= 11 is 0. The van der Waals surface area contributed by atoms with Crippen LogP contribution in [0.1, 0.15) is 28.2 Å². The normalized spacial score (nSPS) is 10.5. The van der Waals surface area contributed by atoms with Crippen LogP contribution in [-0.4, -0.2) is 45.7 Å². The zero-order valence-electron chi connectivity index (χ0n) is 17.3.